The highest BCUT2D eigenvalue weighted by atomic mass is 16.5. The van der Waals surface area contributed by atoms with Crippen LogP contribution >= 0.6 is 0 Å². The first-order chi connectivity index (χ1) is 14.6. The average molecular weight is 400 g/mol. The number of benzene rings is 3. The molecule has 4 rings (SSSR count). The summed E-state index contributed by atoms with van der Waals surface area (Å²) in [5.74, 6) is 2.72. The van der Waals surface area contributed by atoms with Crippen LogP contribution in [-0.4, -0.2) is 12.1 Å². The number of hydrogen-bond acceptors (Lipinski definition) is 5. The van der Waals surface area contributed by atoms with E-state index in [1.807, 2.05) is 74.5 Å². The summed E-state index contributed by atoms with van der Waals surface area (Å²) in [5.41, 5.74) is 10.6. The van der Waals surface area contributed by atoms with E-state index >= 15 is 0 Å². The molecule has 0 saturated carbocycles. The van der Waals surface area contributed by atoms with Crippen LogP contribution in [0.5, 0.6) is 23.0 Å². The first kappa shape index (κ1) is 19.6. The molecule has 0 aliphatic heterocycles. The number of pyridine rings is 1. The lowest BCUT2D eigenvalue weighted by Crippen LogP contribution is -1.99. The van der Waals surface area contributed by atoms with Gasteiger partial charge in [0, 0.05) is 23.3 Å². The van der Waals surface area contributed by atoms with Crippen LogP contribution in [0.3, 0.4) is 0 Å². The molecule has 0 unspecified atom stereocenters. The lowest BCUT2D eigenvalue weighted by atomic mass is 10.1. The highest BCUT2D eigenvalue weighted by Crippen LogP contribution is 2.38. The first-order valence-electron chi connectivity index (χ1n) is 9.74. The monoisotopic (exact) mass is 400 g/mol. The molecule has 0 bridgehead atoms. The zero-order valence-electron chi connectivity index (χ0n) is 17.3. The normalized spacial score (nSPS) is 10.8. The topological polar surface area (TPSA) is 66.6 Å². The summed E-state index contributed by atoms with van der Waals surface area (Å²) < 4.78 is 17.8. The van der Waals surface area contributed by atoms with Crippen molar-refractivity contribution >= 4 is 16.6 Å². The Balaban J connectivity index is 1.68. The fraction of sp³-hybridized carbons (Fsp3) is 0.160. The molecule has 5 nitrogen and oxygen atoms in total. The Labute approximate surface area is 176 Å². The van der Waals surface area contributed by atoms with Gasteiger partial charge < -0.3 is 19.9 Å². The molecule has 0 aliphatic carbocycles. The van der Waals surface area contributed by atoms with Gasteiger partial charge in [-0.05, 0) is 54.8 Å². The number of nitrogens with two attached hydrogens (primary N) is 1. The van der Waals surface area contributed by atoms with Crippen LogP contribution < -0.4 is 19.9 Å². The number of fused-ring (bicyclic) bond motifs is 1. The quantitative estimate of drug-likeness (QED) is 0.414. The van der Waals surface area contributed by atoms with Gasteiger partial charge in [0.15, 0.2) is 11.5 Å². The minimum Gasteiger partial charge on any atom is -0.493 e. The number of nitrogen functional groups attached to an aromatic ring is 1. The number of rotatable bonds is 6. The van der Waals surface area contributed by atoms with Crippen molar-refractivity contribution in [1.82, 2.24) is 4.98 Å². The van der Waals surface area contributed by atoms with Gasteiger partial charge in [0.1, 0.15) is 18.1 Å². The van der Waals surface area contributed by atoms with E-state index in [2.05, 4.69) is 4.98 Å². The van der Waals surface area contributed by atoms with E-state index < -0.39 is 0 Å². The largest absolute Gasteiger partial charge is 0.493 e. The summed E-state index contributed by atoms with van der Waals surface area (Å²) in [6.07, 6.45) is 1.73. The predicted molar refractivity (Wildman–Crippen MR) is 119 cm³/mol. The molecule has 3 aromatic carbocycles. The second-order valence-corrected chi connectivity index (χ2v) is 7.11. The Hall–Kier alpha value is -3.73. The zero-order valence-corrected chi connectivity index (χ0v) is 17.3. The molecule has 0 fully saturated rings. The number of nitrogens with zero attached hydrogens (tertiary/aromatic N) is 1. The van der Waals surface area contributed by atoms with Crippen LogP contribution in [0.25, 0.3) is 10.9 Å². The number of hydrogen-bond donors (Lipinski definition) is 1. The molecular weight excluding hydrogens is 376 g/mol. The third-order valence-electron chi connectivity index (χ3n) is 5.22. The summed E-state index contributed by atoms with van der Waals surface area (Å²) in [5, 5.41) is 0.843. The molecule has 1 aromatic heterocycles. The summed E-state index contributed by atoms with van der Waals surface area (Å²) in [4.78, 5) is 4.49. The van der Waals surface area contributed by atoms with Crippen LogP contribution in [0.15, 0.2) is 66.9 Å². The van der Waals surface area contributed by atoms with Gasteiger partial charge in [-0.1, -0.05) is 30.3 Å². The molecule has 0 atom stereocenters. The maximum Gasteiger partial charge on any atom is 0.163 e. The van der Waals surface area contributed by atoms with Gasteiger partial charge in [0.2, 0.25) is 0 Å². The number of aromatic nitrogens is 1. The van der Waals surface area contributed by atoms with E-state index in [4.69, 9.17) is 19.9 Å². The number of anilines is 1. The SMILES string of the molecule is COc1cc2c(Oc3ccc(N)c(C)c3C)ccnc2cc1OCc1ccccc1. The van der Waals surface area contributed by atoms with Crippen LogP contribution in [-0.2, 0) is 6.61 Å². The Morgan fingerprint density at radius 3 is 2.40 bits per heavy atom. The van der Waals surface area contributed by atoms with E-state index in [0.717, 1.165) is 39.0 Å². The van der Waals surface area contributed by atoms with E-state index in [-0.39, 0.29) is 0 Å². The molecule has 30 heavy (non-hydrogen) atoms. The third-order valence-corrected chi connectivity index (χ3v) is 5.22. The van der Waals surface area contributed by atoms with Crippen molar-refractivity contribution in [3.63, 3.8) is 0 Å². The minimum absolute atomic E-state index is 0.447. The van der Waals surface area contributed by atoms with Crippen molar-refractivity contribution in [3.8, 4) is 23.0 Å². The summed E-state index contributed by atoms with van der Waals surface area (Å²) in [7, 11) is 1.63. The van der Waals surface area contributed by atoms with E-state index in [1.165, 1.54) is 0 Å². The van der Waals surface area contributed by atoms with E-state index in [1.54, 1.807) is 13.3 Å². The van der Waals surface area contributed by atoms with E-state index in [9.17, 15) is 0 Å². The minimum atomic E-state index is 0.447. The molecule has 5 heteroatoms. The maximum atomic E-state index is 6.23. The fourth-order valence-electron chi connectivity index (χ4n) is 3.27. The second kappa shape index (κ2) is 8.33. The standard InChI is InChI=1S/C25H24N2O3/c1-16-17(2)22(10-9-20(16)26)30-23-11-12-27-21-14-25(24(28-3)13-19(21)23)29-15-18-7-5-4-6-8-18/h4-14H,15,26H2,1-3H3. The maximum absolute atomic E-state index is 6.23. The van der Waals surface area contributed by atoms with Crippen molar-refractivity contribution in [3.05, 3.63) is 83.6 Å². The average Bonchev–Trinajstić information content (AvgIpc) is 2.78. The van der Waals surface area contributed by atoms with Gasteiger partial charge in [0.25, 0.3) is 0 Å². The Morgan fingerprint density at radius 2 is 1.63 bits per heavy atom. The molecular formula is C25H24N2O3. The van der Waals surface area contributed by atoms with Gasteiger partial charge in [-0.15, -0.1) is 0 Å². The molecule has 0 spiro atoms. The Kier molecular flexibility index (Phi) is 5.44. The van der Waals surface area contributed by atoms with Crippen LogP contribution in [0.1, 0.15) is 16.7 Å². The van der Waals surface area contributed by atoms with Crippen LogP contribution in [0.4, 0.5) is 5.69 Å². The molecule has 2 N–H and O–H groups in total. The van der Waals surface area contributed by atoms with Gasteiger partial charge in [-0.2, -0.15) is 0 Å². The van der Waals surface area contributed by atoms with Gasteiger partial charge >= 0.3 is 0 Å². The Morgan fingerprint density at radius 1 is 0.833 bits per heavy atom. The lowest BCUT2D eigenvalue weighted by molar-refractivity contribution is 0.285. The van der Waals surface area contributed by atoms with Gasteiger partial charge in [-0.25, -0.2) is 0 Å². The molecule has 0 amide bonds. The van der Waals surface area contributed by atoms with Crippen molar-refractivity contribution in [1.29, 1.82) is 0 Å². The van der Waals surface area contributed by atoms with Crippen LogP contribution in [0.2, 0.25) is 0 Å². The van der Waals surface area contributed by atoms with Crippen molar-refractivity contribution in [2.75, 3.05) is 12.8 Å². The van der Waals surface area contributed by atoms with Crippen LogP contribution in [0, 0.1) is 13.8 Å². The van der Waals surface area contributed by atoms with Crippen molar-refractivity contribution in [2.24, 2.45) is 0 Å². The molecule has 4 aromatic rings. The third kappa shape index (κ3) is 3.87. The predicted octanol–water partition coefficient (Wildman–Crippen LogP) is 5.81. The van der Waals surface area contributed by atoms with Crippen molar-refractivity contribution in [2.45, 2.75) is 20.5 Å². The fourth-order valence-corrected chi connectivity index (χ4v) is 3.27. The summed E-state index contributed by atoms with van der Waals surface area (Å²) in [6.45, 7) is 4.44. The molecule has 0 aliphatic rings. The van der Waals surface area contributed by atoms with Gasteiger partial charge in [0.05, 0.1) is 12.6 Å². The second-order valence-electron chi connectivity index (χ2n) is 7.11. The number of ether oxygens (including phenoxy) is 3. The van der Waals surface area contributed by atoms with Crippen molar-refractivity contribution < 1.29 is 14.2 Å². The van der Waals surface area contributed by atoms with E-state index in [0.29, 0.717) is 23.9 Å². The first-order valence-corrected chi connectivity index (χ1v) is 9.74. The summed E-state index contributed by atoms with van der Waals surface area (Å²) in [6, 6.07) is 19.4. The van der Waals surface area contributed by atoms with Gasteiger partial charge in [-0.3, -0.25) is 4.98 Å². The molecule has 0 radical (unpaired) electrons. The lowest BCUT2D eigenvalue weighted by Gasteiger charge is -2.16. The molecule has 0 saturated heterocycles. The summed E-state index contributed by atoms with van der Waals surface area (Å²) >= 11 is 0. The molecule has 152 valence electrons. The highest BCUT2D eigenvalue weighted by Gasteiger charge is 2.14. The smallest absolute Gasteiger partial charge is 0.163 e. The Bertz CT molecular complexity index is 1190. The zero-order chi connectivity index (χ0) is 21.1. The number of methoxy groups -OCH3 is 1. The highest BCUT2D eigenvalue weighted by molar-refractivity contribution is 5.88. The molecule has 1 heterocycles.